The van der Waals surface area contributed by atoms with Gasteiger partial charge in [-0.3, -0.25) is 14.7 Å². The summed E-state index contributed by atoms with van der Waals surface area (Å²) in [6.45, 7) is 5.39. The van der Waals surface area contributed by atoms with Crippen LogP contribution in [0.25, 0.3) is 0 Å². The number of likely N-dealkylation sites (tertiary alicyclic amines) is 1. The summed E-state index contributed by atoms with van der Waals surface area (Å²) in [6, 6.07) is 13.8. The predicted octanol–water partition coefficient (Wildman–Crippen LogP) is 4.44. The minimum absolute atomic E-state index is 0.133. The van der Waals surface area contributed by atoms with Crippen LogP contribution in [0.2, 0.25) is 0 Å². The van der Waals surface area contributed by atoms with E-state index in [0.717, 1.165) is 65.0 Å². The maximum Gasteiger partial charge on any atom is 0.227 e. The van der Waals surface area contributed by atoms with Crippen LogP contribution in [0.1, 0.15) is 51.8 Å². The van der Waals surface area contributed by atoms with Crippen LogP contribution in [0.5, 0.6) is 5.88 Å². The number of piperidine rings is 1. The summed E-state index contributed by atoms with van der Waals surface area (Å²) >= 11 is 0. The van der Waals surface area contributed by atoms with Crippen molar-refractivity contribution in [3.63, 3.8) is 0 Å². The van der Waals surface area contributed by atoms with Crippen LogP contribution in [0, 0.1) is 12.7 Å². The lowest BCUT2D eigenvalue weighted by molar-refractivity contribution is -0.135. The Morgan fingerprint density at radius 3 is 2.84 bits per heavy atom. The molecule has 6 nitrogen and oxygen atoms in total. The predicted molar refractivity (Wildman–Crippen MR) is 140 cm³/mol. The van der Waals surface area contributed by atoms with Crippen molar-refractivity contribution in [1.82, 2.24) is 14.8 Å². The lowest BCUT2D eigenvalue weighted by atomic mass is 9.90. The molecular formula is C30H31FN4O2. The molecule has 2 aromatic carbocycles. The largest absolute Gasteiger partial charge is 0.481 e. The average molecular weight is 499 g/mol. The van der Waals surface area contributed by atoms with Crippen molar-refractivity contribution in [2.75, 3.05) is 20.2 Å². The van der Waals surface area contributed by atoms with Gasteiger partial charge in [0.15, 0.2) is 0 Å². The van der Waals surface area contributed by atoms with Gasteiger partial charge in [0.25, 0.3) is 0 Å². The van der Waals surface area contributed by atoms with Gasteiger partial charge in [0.1, 0.15) is 5.82 Å². The Morgan fingerprint density at radius 1 is 1.11 bits per heavy atom. The molecule has 0 radical (unpaired) electrons. The molecule has 1 saturated heterocycles. The summed E-state index contributed by atoms with van der Waals surface area (Å²) in [5.74, 6) is 0.595. The number of benzene rings is 2. The number of ether oxygens (including phenoxy) is 1. The summed E-state index contributed by atoms with van der Waals surface area (Å²) in [6.07, 6.45) is 4.14. The molecule has 4 heterocycles. The molecule has 37 heavy (non-hydrogen) atoms. The van der Waals surface area contributed by atoms with Gasteiger partial charge in [-0.2, -0.15) is 0 Å². The number of pyridine rings is 1. The van der Waals surface area contributed by atoms with Gasteiger partial charge in [-0.1, -0.05) is 18.2 Å². The van der Waals surface area contributed by atoms with Crippen LogP contribution in [0.3, 0.4) is 0 Å². The second-order valence-electron chi connectivity index (χ2n) is 10.4. The topological polar surface area (TPSA) is 58.0 Å². The van der Waals surface area contributed by atoms with Crippen LogP contribution >= 0.6 is 0 Å². The average Bonchev–Trinajstić information content (AvgIpc) is 3.31. The molecule has 3 aliphatic rings. The molecule has 0 spiro atoms. The molecule has 0 bridgehead atoms. The summed E-state index contributed by atoms with van der Waals surface area (Å²) in [5, 5.41) is 0. The second-order valence-corrected chi connectivity index (χ2v) is 10.4. The number of aryl methyl sites for hydroxylation is 1. The molecule has 7 heteroatoms. The summed E-state index contributed by atoms with van der Waals surface area (Å²) in [5.41, 5.74) is 8.17. The van der Waals surface area contributed by atoms with Gasteiger partial charge < -0.3 is 9.64 Å². The smallest absolute Gasteiger partial charge is 0.227 e. The first-order valence-corrected chi connectivity index (χ1v) is 13.0. The highest BCUT2D eigenvalue weighted by molar-refractivity contribution is 6.15. The molecule has 1 aromatic heterocycles. The Morgan fingerprint density at radius 2 is 2.00 bits per heavy atom. The molecule has 6 rings (SSSR count). The third kappa shape index (κ3) is 4.64. The lowest BCUT2D eigenvalue weighted by Crippen LogP contribution is -2.51. The number of nitrogens with zero attached hydrogens (tertiary/aromatic N) is 4. The first-order valence-electron chi connectivity index (χ1n) is 13.0. The zero-order chi connectivity index (χ0) is 25.5. The van der Waals surface area contributed by atoms with Crippen molar-refractivity contribution < 1.29 is 13.9 Å². The van der Waals surface area contributed by atoms with E-state index in [1.807, 2.05) is 36.1 Å². The van der Waals surface area contributed by atoms with Gasteiger partial charge >= 0.3 is 0 Å². The van der Waals surface area contributed by atoms with Gasteiger partial charge in [0.2, 0.25) is 11.8 Å². The Kier molecular flexibility index (Phi) is 6.24. The van der Waals surface area contributed by atoms with Gasteiger partial charge in [0, 0.05) is 54.6 Å². The minimum Gasteiger partial charge on any atom is -0.481 e. The molecule has 1 amide bonds. The Bertz CT molecular complexity index is 1400. The highest BCUT2D eigenvalue weighted by atomic mass is 19.1. The highest BCUT2D eigenvalue weighted by Crippen LogP contribution is 2.32. The zero-order valence-corrected chi connectivity index (χ0v) is 21.3. The van der Waals surface area contributed by atoms with Crippen molar-refractivity contribution in [3.05, 3.63) is 93.4 Å². The van der Waals surface area contributed by atoms with E-state index < -0.39 is 0 Å². The van der Waals surface area contributed by atoms with E-state index in [1.54, 1.807) is 19.4 Å². The van der Waals surface area contributed by atoms with Crippen LogP contribution in [-0.4, -0.2) is 52.6 Å². The van der Waals surface area contributed by atoms with Gasteiger partial charge in [-0.05, 0) is 66.8 Å². The number of aromatic nitrogens is 1. The maximum atomic E-state index is 14.5. The summed E-state index contributed by atoms with van der Waals surface area (Å²) in [4.78, 5) is 26.6. The van der Waals surface area contributed by atoms with Crippen molar-refractivity contribution in [1.29, 1.82) is 0 Å². The third-order valence-corrected chi connectivity index (χ3v) is 7.83. The fourth-order valence-corrected chi connectivity index (χ4v) is 5.89. The standard InChI is InChI=1S/C30H31FN4O2/c1-19-5-6-21(27(31)10-19)16-34-9-3-4-25(18-34)35-17-24-12-26-23(11-22(24)14-29(35)36)15-33-30(26)20-7-8-32-28(13-20)37-2/h5-8,10-13,25H,3-4,9,14-18H2,1-2H3/t25-/m1/s1. The molecular weight excluding hydrogens is 467 g/mol. The van der Waals surface area contributed by atoms with E-state index in [-0.39, 0.29) is 17.8 Å². The van der Waals surface area contributed by atoms with Crippen molar-refractivity contribution in [2.24, 2.45) is 4.99 Å². The van der Waals surface area contributed by atoms with Crippen molar-refractivity contribution in [2.45, 2.75) is 51.9 Å². The van der Waals surface area contributed by atoms with Gasteiger partial charge in [-0.15, -0.1) is 0 Å². The zero-order valence-electron chi connectivity index (χ0n) is 21.3. The number of methoxy groups -OCH3 is 1. The van der Waals surface area contributed by atoms with Crippen molar-refractivity contribution in [3.8, 4) is 5.88 Å². The number of rotatable bonds is 5. The molecule has 1 fully saturated rings. The van der Waals surface area contributed by atoms with Crippen LogP contribution in [0.15, 0.2) is 53.7 Å². The van der Waals surface area contributed by atoms with Crippen LogP contribution in [0.4, 0.5) is 4.39 Å². The Labute approximate surface area is 216 Å². The molecule has 3 aromatic rings. The SMILES string of the molecule is COc1cc(C2=NCc3cc4c(cc32)CN([C@@H]2CCCN(Cc3ccc(C)cc3F)C2)C(=O)C4)ccn1. The number of aliphatic imine (C=N–C) groups is 1. The molecule has 1 atom stereocenters. The van der Waals surface area contributed by atoms with Crippen LogP contribution < -0.4 is 4.74 Å². The summed E-state index contributed by atoms with van der Waals surface area (Å²) < 4.78 is 19.8. The number of fused-ring (bicyclic) bond motifs is 2. The molecule has 0 saturated carbocycles. The molecule has 0 N–H and O–H groups in total. The van der Waals surface area contributed by atoms with E-state index >= 15 is 0 Å². The lowest BCUT2D eigenvalue weighted by Gasteiger charge is -2.41. The van der Waals surface area contributed by atoms with Crippen molar-refractivity contribution >= 4 is 11.6 Å². The molecule has 0 unspecified atom stereocenters. The number of carbonyl (C=O) groups is 1. The Balaban J connectivity index is 1.21. The van der Waals surface area contributed by atoms with E-state index in [9.17, 15) is 9.18 Å². The van der Waals surface area contributed by atoms with Crippen LogP contribution in [-0.2, 0) is 30.8 Å². The van der Waals surface area contributed by atoms with E-state index in [0.29, 0.717) is 31.9 Å². The number of carbonyl (C=O) groups excluding carboxylic acids is 1. The van der Waals surface area contributed by atoms with E-state index in [4.69, 9.17) is 9.73 Å². The third-order valence-electron chi connectivity index (χ3n) is 7.83. The number of hydrogen-bond acceptors (Lipinski definition) is 5. The fraction of sp³-hybridized carbons (Fsp3) is 0.367. The molecule has 0 aliphatic carbocycles. The van der Waals surface area contributed by atoms with E-state index in [1.165, 1.54) is 5.56 Å². The first-order chi connectivity index (χ1) is 18.0. The normalized spacial score (nSPS) is 19.4. The maximum absolute atomic E-state index is 14.5. The minimum atomic E-state index is -0.150. The second kappa shape index (κ2) is 9.71. The molecule has 3 aliphatic heterocycles. The first kappa shape index (κ1) is 23.8. The van der Waals surface area contributed by atoms with Gasteiger partial charge in [-0.25, -0.2) is 9.37 Å². The molecule has 190 valence electrons. The number of amides is 1. The van der Waals surface area contributed by atoms with Gasteiger partial charge in [0.05, 0.1) is 25.8 Å². The monoisotopic (exact) mass is 498 g/mol. The quantitative estimate of drug-likeness (QED) is 0.522. The Hall–Kier alpha value is -3.58. The highest BCUT2D eigenvalue weighted by Gasteiger charge is 2.33. The number of hydrogen-bond donors (Lipinski definition) is 0. The van der Waals surface area contributed by atoms with E-state index in [2.05, 4.69) is 22.0 Å². The summed E-state index contributed by atoms with van der Waals surface area (Å²) in [7, 11) is 1.61. The number of halogens is 1. The fourth-order valence-electron chi connectivity index (χ4n) is 5.89.